The number of benzene rings is 1. The van der Waals surface area contributed by atoms with Crippen LogP contribution < -0.4 is 15.6 Å². The Kier molecular flexibility index (Phi) is 6.09. The minimum atomic E-state index is -0.227. The SMILES string of the molecule is CCn1c(=O)cc(C(C)C)c2ccc(OCC(=O)NCc3ccccn3)cc21. The van der Waals surface area contributed by atoms with Crippen LogP contribution in [0, 0.1) is 0 Å². The van der Waals surface area contributed by atoms with Crippen molar-refractivity contribution in [2.75, 3.05) is 6.61 Å². The maximum absolute atomic E-state index is 12.4. The third-order valence-electron chi connectivity index (χ3n) is 4.62. The number of aryl methyl sites for hydroxylation is 1. The fourth-order valence-electron chi connectivity index (χ4n) is 3.17. The molecule has 0 saturated carbocycles. The number of nitrogens with one attached hydrogen (secondary N) is 1. The van der Waals surface area contributed by atoms with Crippen LogP contribution in [-0.2, 0) is 17.9 Å². The van der Waals surface area contributed by atoms with E-state index in [0.717, 1.165) is 22.2 Å². The van der Waals surface area contributed by atoms with Crippen LogP contribution >= 0.6 is 0 Å². The summed E-state index contributed by atoms with van der Waals surface area (Å²) in [5.41, 5.74) is 2.60. The first kappa shape index (κ1) is 19.6. The smallest absolute Gasteiger partial charge is 0.258 e. The van der Waals surface area contributed by atoms with E-state index in [1.807, 2.05) is 43.3 Å². The molecule has 1 N–H and O–H groups in total. The number of carbonyl (C=O) groups is 1. The molecule has 0 saturated heterocycles. The van der Waals surface area contributed by atoms with E-state index in [2.05, 4.69) is 24.1 Å². The van der Waals surface area contributed by atoms with Gasteiger partial charge in [-0.05, 0) is 42.7 Å². The summed E-state index contributed by atoms with van der Waals surface area (Å²) in [6, 6.07) is 12.9. The Morgan fingerprint density at radius 1 is 1.21 bits per heavy atom. The van der Waals surface area contributed by atoms with Crippen molar-refractivity contribution in [3.8, 4) is 5.75 Å². The molecule has 3 rings (SSSR count). The molecular formula is C22H25N3O3. The summed E-state index contributed by atoms with van der Waals surface area (Å²) < 4.78 is 7.37. The number of nitrogens with zero attached hydrogens (tertiary/aromatic N) is 2. The number of carbonyl (C=O) groups excluding carboxylic acids is 1. The number of rotatable bonds is 7. The van der Waals surface area contributed by atoms with Crippen molar-refractivity contribution in [2.24, 2.45) is 0 Å². The van der Waals surface area contributed by atoms with E-state index in [1.165, 1.54) is 0 Å². The van der Waals surface area contributed by atoms with E-state index >= 15 is 0 Å². The van der Waals surface area contributed by atoms with Gasteiger partial charge in [0.15, 0.2) is 6.61 Å². The van der Waals surface area contributed by atoms with Gasteiger partial charge < -0.3 is 14.6 Å². The predicted molar refractivity (Wildman–Crippen MR) is 110 cm³/mol. The number of pyridine rings is 2. The highest BCUT2D eigenvalue weighted by atomic mass is 16.5. The quantitative estimate of drug-likeness (QED) is 0.684. The standard InChI is InChI=1S/C22H25N3O3/c1-4-25-20-11-17(8-9-18(20)19(15(2)3)12-22(25)27)28-14-21(26)24-13-16-7-5-6-10-23-16/h5-12,15H,4,13-14H2,1-3H3,(H,24,26). The van der Waals surface area contributed by atoms with E-state index in [4.69, 9.17) is 4.74 Å². The van der Waals surface area contributed by atoms with Gasteiger partial charge in [-0.2, -0.15) is 0 Å². The molecule has 146 valence electrons. The van der Waals surface area contributed by atoms with Crippen molar-refractivity contribution in [1.82, 2.24) is 14.9 Å². The molecule has 0 unspecified atom stereocenters. The molecule has 0 aliphatic rings. The molecule has 0 spiro atoms. The van der Waals surface area contributed by atoms with Crippen molar-refractivity contribution in [3.05, 3.63) is 70.3 Å². The number of hydrogen-bond acceptors (Lipinski definition) is 4. The first-order valence-corrected chi connectivity index (χ1v) is 9.46. The summed E-state index contributed by atoms with van der Waals surface area (Å²) in [4.78, 5) is 28.7. The minimum Gasteiger partial charge on any atom is -0.484 e. The molecule has 28 heavy (non-hydrogen) atoms. The molecule has 0 radical (unpaired) electrons. The largest absolute Gasteiger partial charge is 0.484 e. The molecule has 2 aromatic heterocycles. The van der Waals surface area contributed by atoms with Gasteiger partial charge in [0, 0.05) is 30.3 Å². The van der Waals surface area contributed by atoms with E-state index in [-0.39, 0.29) is 24.0 Å². The lowest BCUT2D eigenvalue weighted by atomic mass is 9.98. The summed E-state index contributed by atoms with van der Waals surface area (Å²) in [5.74, 6) is 0.573. The molecule has 1 amide bonds. The monoisotopic (exact) mass is 379 g/mol. The van der Waals surface area contributed by atoms with Crippen molar-refractivity contribution in [3.63, 3.8) is 0 Å². The van der Waals surface area contributed by atoms with Crippen LogP contribution in [0.4, 0.5) is 0 Å². The molecule has 6 nitrogen and oxygen atoms in total. The highest BCUT2D eigenvalue weighted by Gasteiger charge is 2.12. The topological polar surface area (TPSA) is 73.2 Å². The van der Waals surface area contributed by atoms with E-state index in [9.17, 15) is 9.59 Å². The van der Waals surface area contributed by atoms with Crippen LogP contribution in [0.15, 0.2) is 53.5 Å². The predicted octanol–water partition coefficient (Wildman–Crippen LogP) is 3.24. The molecule has 6 heteroatoms. The summed E-state index contributed by atoms with van der Waals surface area (Å²) in [5, 5.41) is 3.81. The average molecular weight is 379 g/mol. The molecule has 0 aliphatic heterocycles. The van der Waals surface area contributed by atoms with Gasteiger partial charge in [-0.15, -0.1) is 0 Å². The summed E-state index contributed by atoms with van der Waals surface area (Å²) in [6.45, 7) is 6.91. The first-order chi connectivity index (χ1) is 13.5. The Bertz CT molecular complexity index is 1030. The van der Waals surface area contributed by atoms with E-state index in [0.29, 0.717) is 18.8 Å². The van der Waals surface area contributed by atoms with E-state index in [1.54, 1.807) is 16.8 Å². The molecule has 0 bridgehead atoms. The Morgan fingerprint density at radius 2 is 2.04 bits per heavy atom. The molecular weight excluding hydrogens is 354 g/mol. The fourth-order valence-corrected chi connectivity index (χ4v) is 3.17. The van der Waals surface area contributed by atoms with E-state index < -0.39 is 0 Å². The third-order valence-corrected chi connectivity index (χ3v) is 4.62. The van der Waals surface area contributed by atoms with Crippen molar-refractivity contribution < 1.29 is 9.53 Å². The Labute approximate surface area is 164 Å². The lowest BCUT2D eigenvalue weighted by molar-refractivity contribution is -0.123. The first-order valence-electron chi connectivity index (χ1n) is 9.46. The van der Waals surface area contributed by atoms with Crippen LogP contribution in [0.1, 0.15) is 37.9 Å². The van der Waals surface area contributed by atoms with Gasteiger partial charge in [0.1, 0.15) is 5.75 Å². The fraction of sp³-hybridized carbons (Fsp3) is 0.318. The van der Waals surface area contributed by atoms with Crippen molar-refractivity contribution >= 4 is 16.8 Å². The second kappa shape index (κ2) is 8.69. The number of amides is 1. The average Bonchev–Trinajstić information content (AvgIpc) is 2.70. The molecule has 0 atom stereocenters. The highest BCUT2D eigenvalue weighted by molar-refractivity contribution is 5.84. The zero-order valence-electron chi connectivity index (χ0n) is 16.4. The normalized spacial score (nSPS) is 11.0. The molecule has 2 heterocycles. The van der Waals surface area contributed by atoms with Crippen LogP contribution in [0.25, 0.3) is 10.9 Å². The molecule has 0 fully saturated rings. The lowest BCUT2D eigenvalue weighted by Crippen LogP contribution is -2.28. The van der Waals surface area contributed by atoms with Crippen LogP contribution in [-0.4, -0.2) is 22.1 Å². The van der Waals surface area contributed by atoms with Gasteiger partial charge in [-0.3, -0.25) is 14.6 Å². The van der Waals surface area contributed by atoms with Gasteiger partial charge in [0.05, 0.1) is 17.8 Å². The van der Waals surface area contributed by atoms with Crippen LogP contribution in [0.5, 0.6) is 5.75 Å². The Hall–Kier alpha value is -3.15. The maximum atomic E-state index is 12.4. The zero-order chi connectivity index (χ0) is 20.1. The maximum Gasteiger partial charge on any atom is 0.258 e. The number of fused-ring (bicyclic) bond motifs is 1. The van der Waals surface area contributed by atoms with Gasteiger partial charge >= 0.3 is 0 Å². The second-order valence-corrected chi connectivity index (χ2v) is 6.90. The van der Waals surface area contributed by atoms with Crippen molar-refractivity contribution in [2.45, 2.75) is 39.8 Å². The van der Waals surface area contributed by atoms with Gasteiger partial charge in [0.2, 0.25) is 0 Å². The number of ether oxygens (including phenoxy) is 1. The van der Waals surface area contributed by atoms with Crippen LogP contribution in [0.3, 0.4) is 0 Å². The Balaban J connectivity index is 1.75. The van der Waals surface area contributed by atoms with Gasteiger partial charge in [-0.25, -0.2) is 0 Å². The minimum absolute atomic E-state index is 0.0241. The second-order valence-electron chi connectivity index (χ2n) is 6.90. The van der Waals surface area contributed by atoms with Gasteiger partial charge in [0.25, 0.3) is 11.5 Å². The molecule has 0 aliphatic carbocycles. The number of hydrogen-bond donors (Lipinski definition) is 1. The number of aromatic nitrogens is 2. The van der Waals surface area contributed by atoms with Crippen LogP contribution in [0.2, 0.25) is 0 Å². The third kappa shape index (κ3) is 4.39. The summed E-state index contributed by atoms with van der Waals surface area (Å²) in [7, 11) is 0. The lowest BCUT2D eigenvalue weighted by Gasteiger charge is -2.15. The summed E-state index contributed by atoms with van der Waals surface area (Å²) >= 11 is 0. The molecule has 1 aromatic carbocycles. The summed E-state index contributed by atoms with van der Waals surface area (Å²) in [6.07, 6.45) is 1.69. The Morgan fingerprint density at radius 3 is 2.71 bits per heavy atom. The molecule has 3 aromatic rings. The van der Waals surface area contributed by atoms with Crippen molar-refractivity contribution in [1.29, 1.82) is 0 Å². The zero-order valence-corrected chi connectivity index (χ0v) is 16.4. The highest BCUT2D eigenvalue weighted by Crippen LogP contribution is 2.27. The van der Waals surface area contributed by atoms with Gasteiger partial charge in [-0.1, -0.05) is 19.9 Å².